The summed E-state index contributed by atoms with van der Waals surface area (Å²) in [5.41, 5.74) is -0.0134. The first-order chi connectivity index (χ1) is 12.1. The molecule has 0 spiro atoms. The Hall–Kier alpha value is -3.20. The molecule has 9 heteroatoms. The van der Waals surface area contributed by atoms with Gasteiger partial charge in [0, 0.05) is 37.5 Å². The zero-order valence-electron chi connectivity index (χ0n) is 13.3. The van der Waals surface area contributed by atoms with Gasteiger partial charge < -0.3 is 14.4 Å². The Labute approximate surface area is 143 Å². The van der Waals surface area contributed by atoms with E-state index in [0.717, 1.165) is 0 Å². The molecule has 2 amide bonds. The second-order valence-electron chi connectivity index (χ2n) is 5.26. The fraction of sp³-hybridized carbons (Fsp3) is 0.250. The molecule has 25 heavy (non-hydrogen) atoms. The van der Waals surface area contributed by atoms with Crippen molar-refractivity contribution >= 4 is 17.5 Å². The lowest BCUT2D eigenvalue weighted by molar-refractivity contribution is -0.384. The number of hydrogen-bond acceptors (Lipinski definition) is 6. The van der Waals surface area contributed by atoms with Gasteiger partial charge in [-0.2, -0.15) is 0 Å². The number of pyridine rings is 1. The van der Waals surface area contributed by atoms with Crippen LogP contribution in [0.15, 0.2) is 42.6 Å². The van der Waals surface area contributed by atoms with Gasteiger partial charge in [-0.05, 0) is 18.2 Å². The van der Waals surface area contributed by atoms with Crippen molar-refractivity contribution in [1.29, 1.82) is 0 Å². The number of rotatable bonds is 4. The molecule has 1 fully saturated rings. The summed E-state index contributed by atoms with van der Waals surface area (Å²) in [7, 11) is 0. The number of carbonyl (C=O) groups excluding carboxylic acids is 1. The second-order valence-corrected chi connectivity index (χ2v) is 5.26. The molecular formula is C16H16N4O5. The second kappa shape index (κ2) is 7.58. The van der Waals surface area contributed by atoms with Gasteiger partial charge in [0.25, 0.3) is 5.69 Å². The molecule has 2 aromatic rings. The van der Waals surface area contributed by atoms with Crippen molar-refractivity contribution in [2.24, 2.45) is 0 Å². The molecule has 3 rings (SSSR count). The monoisotopic (exact) mass is 344 g/mol. The number of aromatic nitrogens is 1. The number of nitro groups is 1. The van der Waals surface area contributed by atoms with E-state index >= 15 is 0 Å². The molecule has 130 valence electrons. The van der Waals surface area contributed by atoms with Crippen molar-refractivity contribution < 1.29 is 19.2 Å². The normalized spacial score (nSPS) is 14.0. The van der Waals surface area contributed by atoms with E-state index in [-0.39, 0.29) is 11.7 Å². The Morgan fingerprint density at radius 1 is 1.20 bits per heavy atom. The summed E-state index contributed by atoms with van der Waals surface area (Å²) in [5, 5.41) is 13.4. The number of non-ortho nitro benzene ring substituents is 1. The molecule has 1 aliphatic heterocycles. The van der Waals surface area contributed by atoms with Crippen LogP contribution < -0.4 is 10.1 Å². The number of hydrogen-bond donors (Lipinski definition) is 1. The molecule has 2 heterocycles. The Morgan fingerprint density at radius 2 is 1.92 bits per heavy atom. The number of carbonyl (C=O) groups is 1. The maximum atomic E-state index is 12.2. The highest BCUT2D eigenvalue weighted by atomic mass is 16.6. The number of morpholine rings is 1. The molecule has 1 aromatic heterocycles. The van der Waals surface area contributed by atoms with E-state index in [2.05, 4.69) is 10.3 Å². The molecule has 0 bridgehead atoms. The highest BCUT2D eigenvalue weighted by Crippen LogP contribution is 2.25. The van der Waals surface area contributed by atoms with Gasteiger partial charge in [0.2, 0.25) is 0 Å². The molecule has 1 saturated heterocycles. The number of amides is 2. The van der Waals surface area contributed by atoms with Gasteiger partial charge in [-0.25, -0.2) is 9.78 Å². The van der Waals surface area contributed by atoms with Crippen LogP contribution in [-0.4, -0.2) is 47.1 Å². The van der Waals surface area contributed by atoms with Crippen molar-refractivity contribution in [3.05, 3.63) is 52.7 Å². The number of nitrogens with zero attached hydrogens (tertiary/aromatic N) is 3. The minimum absolute atomic E-state index is 0.0134. The number of ether oxygens (including phenoxy) is 2. The van der Waals surface area contributed by atoms with E-state index in [9.17, 15) is 14.9 Å². The molecule has 0 radical (unpaired) electrons. The number of nitrogens with one attached hydrogen (secondary N) is 1. The summed E-state index contributed by atoms with van der Waals surface area (Å²) < 4.78 is 10.8. The van der Waals surface area contributed by atoms with Gasteiger partial charge in [0.1, 0.15) is 17.3 Å². The van der Waals surface area contributed by atoms with E-state index in [0.29, 0.717) is 43.6 Å². The van der Waals surface area contributed by atoms with E-state index < -0.39 is 4.92 Å². The lowest BCUT2D eigenvalue weighted by Crippen LogP contribution is -2.43. The van der Waals surface area contributed by atoms with Gasteiger partial charge in [-0.15, -0.1) is 0 Å². The van der Waals surface area contributed by atoms with Gasteiger partial charge >= 0.3 is 6.03 Å². The van der Waals surface area contributed by atoms with E-state index in [1.807, 2.05) is 0 Å². The SMILES string of the molecule is O=C(Nc1cc(Oc2ccc([N+](=O)[O-])cc2)ccn1)N1CCOCC1. The molecule has 1 aliphatic rings. The quantitative estimate of drug-likeness (QED) is 0.675. The van der Waals surface area contributed by atoms with E-state index in [1.54, 1.807) is 17.0 Å². The Morgan fingerprint density at radius 3 is 2.60 bits per heavy atom. The molecule has 0 saturated carbocycles. The predicted molar refractivity (Wildman–Crippen MR) is 88.8 cm³/mol. The summed E-state index contributed by atoms with van der Waals surface area (Å²) in [4.78, 5) is 28.1. The topological polar surface area (TPSA) is 107 Å². The van der Waals surface area contributed by atoms with Crippen LogP contribution in [0, 0.1) is 10.1 Å². The van der Waals surface area contributed by atoms with Crippen molar-refractivity contribution in [1.82, 2.24) is 9.88 Å². The van der Waals surface area contributed by atoms with Crippen molar-refractivity contribution in [3.8, 4) is 11.5 Å². The van der Waals surface area contributed by atoms with Crippen LogP contribution in [0.1, 0.15) is 0 Å². The van der Waals surface area contributed by atoms with Gasteiger partial charge in [0.15, 0.2) is 0 Å². The maximum absolute atomic E-state index is 12.2. The Balaban J connectivity index is 1.64. The number of benzene rings is 1. The van der Waals surface area contributed by atoms with Crippen LogP contribution in [0.3, 0.4) is 0 Å². The summed E-state index contributed by atoms with van der Waals surface area (Å²) in [6.07, 6.45) is 1.51. The largest absolute Gasteiger partial charge is 0.457 e. The third-order valence-electron chi connectivity index (χ3n) is 3.55. The third-order valence-corrected chi connectivity index (χ3v) is 3.55. The highest BCUT2D eigenvalue weighted by Gasteiger charge is 2.17. The molecule has 0 aliphatic carbocycles. The van der Waals surface area contributed by atoms with Crippen LogP contribution in [0.2, 0.25) is 0 Å². The number of anilines is 1. The summed E-state index contributed by atoms with van der Waals surface area (Å²) in [6, 6.07) is 8.69. The van der Waals surface area contributed by atoms with Gasteiger partial charge in [-0.1, -0.05) is 0 Å². The minimum Gasteiger partial charge on any atom is -0.457 e. The zero-order valence-corrected chi connectivity index (χ0v) is 13.3. The standard InChI is InChI=1S/C16H16N4O5/c21-16(19-7-9-24-10-8-19)18-15-11-14(5-6-17-15)25-13-3-1-12(2-4-13)20(22)23/h1-6,11H,7-10H2,(H,17,18,21). The summed E-state index contributed by atoms with van der Waals surface area (Å²) in [5.74, 6) is 1.26. The van der Waals surface area contributed by atoms with Crippen LogP contribution in [0.5, 0.6) is 11.5 Å². The van der Waals surface area contributed by atoms with Crippen molar-refractivity contribution in [2.45, 2.75) is 0 Å². The molecule has 1 N–H and O–H groups in total. The Kier molecular flexibility index (Phi) is 5.05. The predicted octanol–water partition coefficient (Wildman–Crippen LogP) is 2.65. The fourth-order valence-corrected chi connectivity index (χ4v) is 2.27. The molecular weight excluding hydrogens is 328 g/mol. The zero-order chi connectivity index (χ0) is 17.6. The van der Waals surface area contributed by atoms with Gasteiger partial charge in [-0.3, -0.25) is 15.4 Å². The van der Waals surface area contributed by atoms with E-state index in [1.165, 1.54) is 30.5 Å². The Bertz CT molecular complexity index is 759. The highest BCUT2D eigenvalue weighted by molar-refractivity contribution is 5.88. The van der Waals surface area contributed by atoms with Crippen LogP contribution in [0.25, 0.3) is 0 Å². The van der Waals surface area contributed by atoms with Gasteiger partial charge in [0.05, 0.1) is 18.1 Å². The summed E-state index contributed by atoms with van der Waals surface area (Å²) >= 11 is 0. The maximum Gasteiger partial charge on any atom is 0.323 e. The first kappa shape index (κ1) is 16.7. The molecule has 9 nitrogen and oxygen atoms in total. The minimum atomic E-state index is -0.477. The van der Waals surface area contributed by atoms with Crippen LogP contribution >= 0.6 is 0 Å². The van der Waals surface area contributed by atoms with Crippen molar-refractivity contribution in [2.75, 3.05) is 31.6 Å². The van der Waals surface area contributed by atoms with Crippen molar-refractivity contribution in [3.63, 3.8) is 0 Å². The lowest BCUT2D eigenvalue weighted by Gasteiger charge is -2.26. The number of nitro benzene ring substituents is 1. The van der Waals surface area contributed by atoms with Crippen LogP contribution in [0.4, 0.5) is 16.3 Å². The first-order valence-electron chi connectivity index (χ1n) is 7.64. The lowest BCUT2D eigenvalue weighted by atomic mass is 10.3. The first-order valence-corrected chi connectivity index (χ1v) is 7.64. The molecule has 0 unspecified atom stereocenters. The number of urea groups is 1. The van der Waals surface area contributed by atoms with Crippen LogP contribution in [-0.2, 0) is 4.74 Å². The molecule has 1 aromatic carbocycles. The smallest absolute Gasteiger partial charge is 0.323 e. The average molecular weight is 344 g/mol. The fourth-order valence-electron chi connectivity index (χ4n) is 2.27. The van der Waals surface area contributed by atoms with E-state index in [4.69, 9.17) is 9.47 Å². The average Bonchev–Trinajstić information content (AvgIpc) is 2.63. The third kappa shape index (κ3) is 4.42. The molecule has 0 atom stereocenters. The summed E-state index contributed by atoms with van der Waals surface area (Å²) in [6.45, 7) is 2.10.